The van der Waals surface area contributed by atoms with Gasteiger partial charge in [0.05, 0.1) is 5.56 Å². The molecule has 0 aliphatic rings. The fraction of sp³-hybridized carbons (Fsp3) is 0.273. The zero-order valence-corrected chi connectivity index (χ0v) is 15.5. The first-order valence-corrected chi connectivity index (χ1v) is 9.45. The zero-order chi connectivity index (χ0) is 19.3. The average molecular weight is 392 g/mol. The second-order valence-electron chi connectivity index (χ2n) is 6.53. The predicted molar refractivity (Wildman–Crippen MR) is 105 cm³/mol. The van der Waals surface area contributed by atoms with Crippen molar-refractivity contribution in [2.75, 3.05) is 12.4 Å². The molecule has 0 saturated carbocycles. The summed E-state index contributed by atoms with van der Waals surface area (Å²) in [6.45, 7) is 0.677. The molecule has 5 heteroatoms. The first kappa shape index (κ1) is 19.7. The van der Waals surface area contributed by atoms with E-state index in [0.29, 0.717) is 24.4 Å². The van der Waals surface area contributed by atoms with Crippen LogP contribution in [-0.2, 0) is 12.6 Å². The highest BCUT2D eigenvalue weighted by molar-refractivity contribution is 6.18. The quantitative estimate of drug-likeness (QED) is 0.365. The smallest absolute Gasteiger partial charge is 0.309 e. The van der Waals surface area contributed by atoms with Crippen LogP contribution < -0.4 is 5.32 Å². The number of rotatable bonds is 7. The average Bonchev–Trinajstić information content (AvgIpc) is 2.67. The summed E-state index contributed by atoms with van der Waals surface area (Å²) in [4.78, 5) is 0. The van der Waals surface area contributed by atoms with Crippen molar-refractivity contribution < 1.29 is 13.2 Å². The van der Waals surface area contributed by atoms with E-state index in [-0.39, 0.29) is 6.04 Å². The molecule has 1 nitrogen and oxygen atoms in total. The predicted octanol–water partition coefficient (Wildman–Crippen LogP) is 6.36. The van der Waals surface area contributed by atoms with Crippen LogP contribution in [-0.4, -0.2) is 12.4 Å². The zero-order valence-electron chi connectivity index (χ0n) is 14.8. The van der Waals surface area contributed by atoms with Gasteiger partial charge in [-0.1, -0.05) is 60.7 Å². The third-order valence-electron chi connectivity index (χ3n) is 4.64. The lowest BCUT2D eigenvalue weighted by Gasteiger charge is -2.19. The number of aryl methyl sites for hydroxylation is 1. The molecule has 0 amide bonds. The van der Waals surface area contributed by atoms with Crippen LogP contribution in [0.1, 0.15) is 29.2 Å². The standard InChI is InChI=1S/C22H21ClF3N/c23-15-21(20-12-4-9-17-8-1-2-11-19(17)20)27-13-5-7-16-6-3-10-18(14-16)22(24,25)26/h1-4,6,8-12,14,21,27H,5,7,13,15H2/t21-/m1/s1. The van der Waals surface area contributed by atoms with Crippen LogP contribution >= 0.6 is 11.6 Å². The molecule has 3 aromatic carbocycles. The number of nitrogens with one attached hydrogen (secondary N) is 1. The van der Waals surface area contributed by atoms with Crippen molar-refractivity contribution in [1.82, 2.24) is 5.32 Å². The van der Waals surface area contributed by atoms with Gasteiger partial charge in [0, 0.05) is 11.9 Å². The summed E-state index contributed by atoms with van der Waals surface area (Å²) in [7, 11) is 0. The van der Waals surface area contributed by atoms with Crippen molar-refractivity contribution in [1.29, 1.82) is 0 Å². The highest BCUT2D eigenvalue weighted by Crippen LogP contribution is 2.30. The van der Waals surface area contributed by atoms with E-state index >= 15 is 0 Å². The lowest BCUT2D eigenvalue weighted by Crippen LogP contribution is -2.24. The molecule has 0 bridgehead atoms. The van der Waals surface area contributed by atoms with E-state index in [0.717, 1.165) is 28.8 Å². The Balaban J connectivity index is 1.61. The van der Waals surface area contributed by atoms with Crippen LogP contribution in [0.4, 0.5) is 13.2 Å². The first-order chi connectivity index (χ1) is 13.0. The molecule has 0 spiro atoms. The summed E-state index contributed by atoms with van der Waals surface area (Å²) in [6, 6.07) is 19.8. The molecule has 0 aliphatic heterocycles. The van der Waals surface area contributed by atoms with Gasteiger partial charge in [0.1, 0.15) is 0 Å². The minimum Gasteiger partial charge on any atom is -0.309 e. The van der Waals surface area contributed by atoms with Crippen LogP contribution in [0.5, 0.6) is 0 Å². The molecule has 1 N–H and O–H groups in total. The van der Waals surface area contributed by atoms with Crippen molar-refractivity contribution in [3.8, 4) is 0 Å². The molecule has 142 valence electrons. The molecule has 3 aromatic rings. The van der Waals surface area contributed by atoms with Gasteiger partial charge in [0.15, 0.2) is 0 Å². The molecule has 0 aromatic heterocycles. The van der Waals surface area contributed by atoms with E-state index < -0.39 is 11.7 Å². The van der Waals surface area contributed by atoms with Crippen molar-refractivity contribution >= 4 is 22.4 Å². The van der Waals surface area contributed by atoms with E-state index in [1.54, 1.807) is 6.07 Å². The molecule has 0 unspecified atom stereocenters. The maximum absolute atomic E-state index is 12.8. The van der Waals surface area contributed by atoms with Crippen LogP contribution in [0.2, 0.25) is 0 Å². The molecule has 0 fully saturated rings. The van der Waals surface area contributed by atoms with E-state index in [4.69, 9.17) is 11.6 Å². The topological polar surface area (TPSA) is 12.0 Å². The van der Waals surface area contributed by atoms with Crippen LogP contribution in [0.15, 0.2) is 66.7 Å². The highest BCUT2D eigenvalue weighted by Gasteiger charge is 2.30. The summed E-state index contributed by atoms with van der Waals surface area (Å²) < 4.78 is 38.4. The van der Waals surface area contributed by atoms with Gasteiger partial charge >= 0.3 is 6.18 Å². The second-order valence-corrected chi connectivity index (χ2v) is 6.84. The number of fused-ring (bicyclic) bond motifs is 1. The molecular formula is C22H21ClF3N. The van der Waals surface area contributed by atoms with Gasteiger partial charge in [-0.15, -0.1) is 11.6 Å². The Hall–Kier alpha value is -2.04. The maximum Gasteiger partial charge on any atom is 0.416 e. The Morgan fingerprint density at radius 1 is 0.926 bits per heavy atom. The molecule has 1 atom stereocenters. The summed E-state index contributed by atoms with van der Waals surface area (Å²) in [6.07, 6.45) is -2.98. The number of halogens is 4. The van der Waals surface area contributed by atoms with E-state index in [9.17, 15) is 13.2 Å². The van der Waals surface area contributed by atoms with E-state index in [1.165, 1.54) is 12.1 Å². The third-order valence-corrected chi connectivity index (χ3v) is 4.95. The monoisotopic (exact) mass is 391 g/mol. The largest absolute Gasteiger partial charge is 0.416 e. The Bertz CT molecular complexity index is 887. The van der Waals surface area contributed by atoms with E-state index in [1.807, 2.05) is 18.2 Å². The van der Waals surface area contributed by atoms with Crippen molar-refractivity contribution in [2.24, 2.45) is 0 Å². The fourth-order valence-corrected chi connectivity index (χ4v) is 3.55. The second kappa shape index (κ2) is 8.77. The normalized spacial score (nSPS) is 13.0. The molecule has 0 saturated heterocycles. The van der Waals surface area contributed by atoms with Gasteiger partial charge in [0.25, 0.3) is 0 Å². The molecule has 0 radical (unpaired) electrons. The van der Waals surface area contributed by atoms with Gasteiger partial charge in [-0.25, -0.2) is 0 Å². The Kier molecular flexibility index (Phi) is 6.40. The maximum atomic E-state index is 12.8. The molecule has 3 rings (SSSR count). The lowest BCUT2D eigenvalue weighted by atomic mass is 9.99. The van der Waals surface area contributed by atoms with Gasteiger partial charge in [-0.2, -0.15) is 13.2 Å². The van der Waals surface area contributed by atoms with Crippen LogP contribution in [0, 0.1) is 0 Å². The third kappa shape index (κ3) is 5.02. The molecular weight excluding hydrogens is 371 g/mol. The summed E-state index contributed by atoms with van der Waals surface area (Å²) in [5.74, 6) is 0.428. The highest BCUT2D eigenvalue weighted by atomic mass is 35.5. The van der Waals surface area contributed by atoms with Crippen LogP contribution in [0.25, 0.3) is 10.8 Å². The summed E-state index contributed by atoms with van der Waals surface area (Å²) >= 11 is 6.18. The number of benzene rings is 3. The summed E-state index contributed by atoms with van der Waals surface area (Å²) in [5, 5.41) is 5.76. The van der Waals surface area contributed by atoms with Crippen LogP contribution in [0.3, 0.4) is 0 Å². The number of hydrogen-bond acceptors (Lipinski definition) is 1. The van der Waals surface area contributed by atoms with Crippen molar-refractivity contribution in [3.05, 3.63) is 83.4 Å². The van der Waals surface area contributed by atoms with Gasteiger partial charge in [0.2, 0.25) is 0 Å². The van der Waals surface area contributed by atoms with Gasteiger partial charge in [-0.05, 0) is 47.4 Å². The Morgan fingerprint density at radius 3 is 2.44 bits per heavy atom. The minimum absolute atomic E-state index is 0.000670. The molecule has 27 heavy (non-hydrogen) atoms. The van der Waals surface area contributed by atoms with Gasteiger partial charge in [-0.3, -0.25) is 0 Å². The first-order valence-electron chi connectivity index (χ1n) is 8.92. The SMILES string of the molecule is FC(F)(F)c1cccc(CCCN[C@H](CCl)c2cccc3ccccc23)c1. The van der Waals surface area contributed by atoms with Gasteiger partial charge < -0.3 is 5.32 Å². The number of hydrogen-bond donors (Lipinski definition) is 1. The Morgan fingerprint density at radius 2 is 1.67 bits per heavy atom. The van der Waals surface area contributed by atoms with E-state index in [2.05, 4.69) is 29.6 Å². The summed E-state index contributed by atoms with van der Waals surface area (Å²) in [5.41, 5.74) is 1.24. The van der Waals surface area contributed by atoms with Crippen molar-refractivity contribution in [3.63, 3.8) is 0 Å². The molecule has 0 aliphatic carbocycles. The number of alkyl halides is 4. The van der Waals surface area contributed by atoms with Crippen molar-refractivity contribution in [2.45, 2.75) is 25.1 Å². The lowest BCUT2D eigenvalue weighted by molar-refractivity contribution is -0.137. The Labute approximate surface area is 162 Å². The minimum atomic E-state index is -4.30. The fourth-order valence-electron chi connectivity index (χ4n) is 3.27. The molecule has 0 heterocycles.